The Hall–Kier alpha value is -2.63. The lowest BCUT2D eigenvalue weighted by Gasteiger charge is -2.14. The zero-order valence-electron chi connectivity index (χ0n) is 14.6. The molecule has 0 aliphatic heterocycles. The Kier molecular flexibility index (Phi) is 6.33. The molecule has 1 amide bonds. The highest BCUT2D eigenvalue weighted by atomic mass is 19.1. The van der Waals surface area contributed by atoms with Gasteiger partial charge in [-0.25, -0.2) is 9.37 Å². The number of pyridine rings is 1. The number of nitrogens with two attached hydrogens (primary N) is 2. The maximum Gasteiger partial charge on any atom is 0.250 e. The minimum atomic E-state index is -0.581. The van der Waals surface area contributed by atoms with Crippen molar-refractivity contribution in [2.24, 2.45) is 5.73 Å². The molecular formula is C19H24FN3O2. The molecule has 6 heteroatoms. The molecule has 1 aromatic heterocycles. The van der Waals surface area contributed by atoms with Crippen molar-refractivity contribution in [3.05, 3.63) is 46.9 Å². The van der Waals surface area contributed by atoms with Crippen molar-refractivity contribution in [3.8, 4) is 11.6 Å². The molecule has 134 valence electrons. The van der Waals surface area contributed by atoms with E-state index in [0.29, 0.717) is 17.7 Å². The number of unbranched alkanes of at least 4 members (excludes halogenated alkanes) is 3. The quantitative estimate of drug-likeness (QED) is 0.556. The summed E-state index contributed by atoms with van der Waals surface area (Å²) >= 11 is 0. The van der Waals surface area contributed by atoms with Gasteiger partial charge in [-0.3, -0.25) is 4.79 Å². The summed E-state index contributed by atoms with van der Waals surface area (Å²) in [6.07, 6.45) is 6.02. The van der Waals surface area contributed by atoms with Gasteiger partial charge in [-0.15, -0.1) is 0 Å². The number of hydrogen-bond acceptors (Lipinski definition) is 4. The standard InChI is InChI=1S/C19H24FN3O2/c1-3-4-5-6-7-14-17(20)15(10-12(2)18(14)21)25-16-9-8-13(11-23-16)19(22)24/h8-11H,3-7,21H2,1-2H3,(H2,22,24). The highest BCUT2D eigenvalue weighted by Gasteiger charge is 2.16. The molecule has 0 saturated carbocycles. The lowest BCUT2D eigenvalue weighted by molar-refractivity contribution is 0.1000. The van der Waals surface area contributed by atoms with Gasteiger partial charge in [0.25, 0.3) is 0 Å². The van der Waals surface area contributed by atoms with Crippen molar-refractivity contribution >= 4 is 11.6 Å². The third-order valence-corrected chi connectivity index (χ3v) is 4.09. The molecule has 0 bridgehead atoms. The van der Waals surface area contributed by atoms with Crippen LogP contribution >= 0.6 is 0 Å². The van der Waals surface area contributed by atoms with Gasteiger partial charge >= 0.3 is 0 Å². The summed E-state index contributed by atoms with van der Waals surface area (Å²) in [6, 6.07) is 4.52. The van der Waals surface area contributed by atoms with Crippen LogP contribution < -0.4 is 16.2 Å². The van der Waals surface area contributed by atoms with E-state index in [1.165, 1.54) is 18.3 Å². The number of carbonyl (C=O) groups excluding carboxylic acids is 1. The fraction of sp³-hybridized carbons (Fsp3) is 0.368. The lowest BCUT2D eigenvalue weighted by Crippen LogP contribution is -2.11. The van der Waals surface area contributed by atoms with Crippen LogP contribution in [0.4, 0.5) is 10.1 Å². The largest absolute Gasteiger partial charge is 0.436 e. The fourth-order valence-electron chi connectivity index (χ4n) is 2.59. The number of nitrogen functional groups attached to an aromatic ring is 1. The third kappa shape index (κ3) is 4.68. The number of ether oxygens (including phenoxy) is 1. The van der Waals surface area contributed by atoms with Crippen LogP contribution in [-0.4, -0.2) is 10.9 Å². The maximum absolute atomic E-state index is 14.8. The number of halogens is 1. The molecule has 1 aromatic carbocycles. The van der Waals surface area contributed by atoms with Crippen molar-refractivity contribution < 1.29 is 13.9 Å². The molecule has 0 spiro atoms. The average molecular weight is 345 g/mol. The first-order valence-electron chi connectivity index (χ1n) is 8.45. The lowest BCUT2D eigenvalue weighted by atomic mass is 10.0. The zero-order valence-corrected chi connectivity index (χ0v) is 14.6. The molecule has 0 unspecified atom stereocenters. The summed E-state index contributed by atoms with van der Waals surface area (Å²) in [5.41, 5.74) is 13.2. The predicted octanol–water partition coefficient (Wildman–Crippen LogP) is 4.13. The monoisotopic (exact) mass is 345 g/mol. The second kappa shape index (κ2) is 8.46. The summed E-state index contributed by atoms with van der Waals surface area (Å²) in [5, 5.41) is 0. The number of anilines is 1. The van der Waals surface area contributed by atoms with E-state index < -0.39 is 11.7 Å². The fourth-order valence-corrected chi connectivity index (χ4v) is 2.59. The molecule has 0 aliphatic rings. The normalized spacial score (nSPS) is 10.7. The third-order valence-electron chi connectivity index (χ3n) is 4.09. The van der Waals surface area contributed by atoms with E-state index in [1.54, 1.807) is 6.07 Å². The summed E-state index contributed by atoms with van der Waals surface area (Å²) < 4.78 is 20.4. The Labute approximate surface area is 147 Å². The summed E-state index contributed by atoms with van der Waals surface area (Å²) in [7, 11) is 0. The van der Waals surface area contributed by atoms with Gasteiger partial charge < -0.3 is 16.2 Å². The van der Waals surface area contributed by atoms with Crippen LogP contribution in [0.2, 0.25) is 0 Å². The molecule has 0 aliphatic carbocycles. The zero-order chi connectivity index (χ0) is 18.4. The number of hydrogen-bond donors (Lipinski definition) is 2. The van der Waals surface area contributed by atoms with Crippen molar-refractivity contribution in [1.82, 2.24) is 4.98 Å². The van der Waals surface area contributed by atoms with E-state index in [4.69, 9.17) is 16.2 Å². The van der Waals surface area contributed by atoms with Gasteiger partial charge in [0.05, 0.1) is 5.56 Å². The minimum Gasteiger partial charge on any atom is -0.436 e. The Morgan fingerprint density at radius 3 is 2.64 bits per heavy atom. The molecule has 5 nitrogen and oxygen atoms in total. The van der Waals surface area contributed by atoms with Gasteiger partial charge in [-0.05, 0) is 37.5 Å². The summed E-state index contributed by atoms with van der Waals surface area (Å²) in [4.78, 5) is 15.0. The first kappa shape index (κ1) is 18.7. The second-order valence-electron chi connectivity index (χ2n) is 6.06. The van der Waals surface area contributed by atoms with Crippen molar-refractivity contribution in [2.75, 3.05) is 5.73 Å². The van der Waals surface area contributed by atoms with Crippen molar-refractivity contribution in [1.29, 1.82) is 0 Å². The molecule has 0 radical (unpaired) electrons. The Bertz CT molecular complexity index is 745. The number of rotatable bonds is 8. The smallest absolute Gasteiger partial charge is 0.250 e. The highest BCUT2D eigenvalue weighted by molar-refractivity contribution is 5.92. The van der Waals surface area contributed by atoms with Crippen molar-refractivity contribution in [3.63, 3.8) is 0 Å². The Balaban J connectivity index is 2.22. The molecule has 0 fully saturated rings. The van der Waals surface area contributed by atoms with Gasteiger partial charge in [0.15, 0.2) is 11.6 Å². The van der Waals surface area contributed by atoms with Gasteiger partial charge in [0, 0.05) is 23.5 Å². The van der Waals surface area contributed by atoms with Gasteiger partial charge in [0.1, 0.15) is 0 Å². The van der Waals surface area contributed by atoms with E-state index in [9.17, 15) is 9.18 Å². The van der Waals surface area contributed by atoms with E-state index in [-0.39, 0.29) is 17.2 Å². The minimum absolute atomic E-state index is 0.0801. The number of aryl methyl sites for hydroxylation is 1. The molecule has 2 aromatic rings. The van der Waals surface area contributed by atoms with Crippen LogP contribution in [0.3, 0.4) is 0 Å². The molecule has 25 heavy (non-hydrogen) atoms. The van der Waals surface area contributed by atoms with Gasteiger partial charge in [-0.2, -0.15) is 0 Å². The second-order valence-corrected chi connectivity index (χ2v) is 6.06. The van der Waals surface area contributed by atoms with Gasteiger partial charge in [-0.1, -0.05) is 26.2 Å². The molecule has 1 heterocycles. The van der Waals surface area contributed by atoms with Gasteiger partial charge in [0.2, 0.25) is 11.8 Å². The first-order valence-corrected chi connectivity index (χ1v) is 8.45. The average Bonchev–Trinajstić information content (AvgIpc) is 2.59. The van der Waals surface area contributed by atoms with E-state index in [0.717, 1.165) is 31.2 Å². The predicted molar refractivity (Wildman–Crippen MR) is 96.2 cm³/mol. The van der Waals surface area contributed by atoms with Crippen LogP contribution in [0, 0.1) is 12.7 Å². The molecule has 4 N–H and O–H groups in total. The number of primary amides is 1. The van der Waals surface area contributed by atoms with E-state index in [2.05, 4.69) is 11.9 Å². The topological polar surface area (TPSA) is 91.2 Å². The highest BCUT2D eigenvalue weighted by Crippen LogP contribution is 2.32. The van der Waals surface area contributed by atoms with Crippen LogP contribution in [0.5, 0.6) is 11.6 Å². The van der Waals surface area contributed by atoms with Crippen LogP contribution in [0.1, 0.15) is 54.1 Å². The summed E-state index contributed by atoms with van der Waals surface area (Å²) in [5.74, 6) is -0.773. The first-order chi connectivity index (χ1) is 11.9. The van der Waals surface area contributed by atoms with Crippen LogP contribution in [0.25, 0.3) is 0 Å². The number of benzene rings is 1. The number of amides is 1. The van der Waals surface area contributed by atoms with E-state index in [1.807, 2.05) is 6.92 Å². The Morgan fingerprint density at radius 1 is 1.28 bits per heavy atom. The number of nitrogens with zero attached hydrogens (tertiary/aromatic N) is 1. The van der Waals surface area contributed by atoms with Crippen molar-refractivity contribution in [2.45, 2.75) is 46.0 Å². The van der Waals surface area contributed by atoms with Crippen LogP contribution in [-0.2, 0) is 6.42 Å². The molecule has 0 atom stereocenters. The molecule has 0 saturated heterocycles. The number of aromatic nitrogens is 1. The maximum atomic E-state index is 14.8. The molecular weight excluding hydrogens is 321 g/mol. The molecule has 2 rings (SSSR count). The SMILES string of the molecule is CCCCCCc1c(N)c(C)cc(Oc2ccc(C(N)=O)cn2)c1F. The number of carbonyl (C=O) groups is 1. The van der Waals surface area contributed by atoms with E-state index >= 15 is 0 Å². The Morgan fingerprint density at radius 2 is 2.04 bits per heavy atom. The summed E-state index contributed by atoms with van der Waals surface area (Å²) in [6.45, 7) is 3.95. The van der Waals surface area contributed by atoms with Crippen LogP contribution in [0.15, 0.2) is 24.4 Å².